The van der Waals surface area contributed by atoms with Crippen molar-refractivity contribution in [3.8, 4) is 11.3 Å². The van der Waals surface area contributed by atoms with Crippen molar-refractivity contribution >= 4 is 11.8 Å². The van der Waals surface area contributed by atoms with E-state index in [0.29, 0.717) is 5.92 Å². The Bertz CT molecular complexity index is 981. The second kappa shape index (κ2) is 7.74. The van der Waals surface area contributed by atoms with Crippen molar-refractivity contribution in [1.82, 2.24) is 10.2 Å². The van der Waals surface area contributed by atoms with E-state index in [9.17, 15) is 4.79 Å². The normalized spacial score (nSPS) is 13.9. The SMILES string of the molecule is CC(C)(C)c1ccc(-c2n[nH]c(C3CC3)c2NC(=O)OCc2ccccc2)cc1. The molecule has 0 bridgehead atoms. The summed E-state index contributed by atoms with van der Waals surface area (Å²) in [5.41, 5.74) is 5.74. The van der Waals surface area contributed by atoms with E-state index in [1.54, 1.807) is 0 Å². The van der Waals surface area contributed by atoms with Crippen LogP contribution in [0.25, 0.3) is 11.3 Å². The number of carbonyl (C=O) groups is 1. The predicted molar refractivity (Wildman–Crippen MR) is 115 cm³/mol. The third-order valence-corrected chi connectivity index (χ3v) is 5.24. The van der Waals surface area contributed by atoms with Crippen molar-refractivity contribution in [2.24, 2.45) is 0 Å². The Morgan fingerprint density at radius 1 is 1.10 bits per heavy atom. The van der Waals surface area contributed by atoms with Crippen LogP contribution in [0, 0.1) is 0 Å². The zero-order valence-corrected chi connectivity index (χ0v) is 17.2. The van der Waals surface area contributed by atoms with Gasteiger partial charge in [0.2, 0.25) is 0 Å². The number of hydrogen-bond acceptors (Lipinski definition) is 3. The second-order valence-corrected chi connectivity index (χ2v) is 8.65. The minimum Gasteiger partial charge on any atom is -0.444 e. The van der Waals surface area contributed by atoms with Gasteiger partial charge >= 0.3 is 6.09 Å². The molecule has 1 aromatic heterocycles. The van der Waals surface area contributed by atoms with Gasteiger partial charge in [-0.05, 0) is 29.4 Å². The summed E-state index contributed by atoms with van der Waals surface area (Å²) in [6.45, 7) is 6.81. The standard InChI is InChI=1S/C24H27N3O2/c1-24(2,3)19-13-11-18(12-14-19)21-22(20(26-27-21)17-9-10-17)25-23(28)29-15-16-7-5-4-6-8-16/h4-8,11-14,17H,9-10,15H2,1-3H3,(H,25,28)(H,26,27). The van der Waals surface area contributed by atoms with Gasteiger partial charge in [-0.3, -0.25) is 10.4 Å². The van der Waals surface area contributed by atoms with Gasteiger partial charge in [-0.15, -0.1) is 0 Å². The summed E-state index contributed by atoms with van der Waals surface area (Å²) in [4.78, 5) is 12.5. The Kier molecular flexibility index (Phi) is 5.14. The maximum Gasteiger partial charge on any atom is 0.412 e. The molecule has 29 heavy (non-hydrogen) atoms. The maximum absolute atomic E-state index is 12.5. The molecule has 1 aliphatic carbocycles. The molecule has 0 spiro atoms. The van der Waals surface area contributed by atoms with Gasteiger partial charge in [0.15, 0.2) is 0 Å². The van der Waals surface area contributed by atoms with Crippen molar-refractivity contribution in [2.75, 3.05) is 5.32 Å². The summed E-state index contributed by atoms with van der Waals surface area (Å²) in [6.07, 6.45) is 1.75. The molecule has 2 aromatic carbocycles. The maximum atomic E-state index is 12.5. The first-order chi connectivity index (χ1) is 13.9. The van der Waals surface area contributed by atoms with Crippen LogP contribution in [0.2, 0.25) is 0 Å². The molecule has 3 aromatic rings. The number of aromatic amines is 1. The van der Waals surface area contributed by atoms with Gasteiger partial charge in [-0.2, -0.15) is 5.10 Å². The topological polar surface area (TPSA) is 67.0 Å². The lowest BCUT2D eigenvalue weighted by atomic mass is 9.86. The summed E-state index contributed by atoms with van der Waals surface area (Å²) in [5, 5.41) is 10.6. The number of nitrogens with zero attached hydrogens (tertiary/aromatic N) is 1. The number of hydrogen-bond donors (Lipinski definition) is 2. The molecule has 1 heterocycles. The van der Waals surface area contributed by atoms with Gasteiger partial charge in [0.1, 0.15) is 12.3 Å². The molecule has 5 heteroatoms. The smallest absolute Gasteiger partial charge is 0.412 e. The molecule has 0 saturated heterocycles. The van der Waals surface area contributed by atoms with E-state index in [1.807, 2.05) is 30.3 Å². The van der Waals surface area contributed by atoms with E-state index < -0.39 is 6.09 Å². The molecule has 150 valence electrons. The van der Waals surface area contributed by atoms with Crippen molar-refractivity contribution in [2.45, 2.75) is 51.6 Å². The Labute approximate surface area is 171 Å². The number of rotatable bonds is 5. The van der Waals surface area contributed by atoms with Gasteiger partial charge in [-0.25, -0.2) is 4.79 Å². The van der Waals surface area contributed by atoms with Crippen LogP contribution in [0.3, 0.4) is 0 Å². The number of amides is 1. The monoisotopic (exact) mass is 389 g/mol. The quantitative estimate of drug-likeness (QED) is 0.562. The van der Waals surface area contributed by atoms with Crippen LogP contribution in [0.5, 0.6) is 0 Å². The number of carbonyl (C=O) groups excluding carboxylic acids is 1. The van der Waals surface area contributed by atoms with E-state index >= 15 is 0 Å². The van der Waals surface area contributed by atoms with Gasteiger partial charge < -0.3 is 4.74 Å². The van der Waals surface area contributed by atoms with Crippen molar-refractivity contribution in [3.05, 3.63) is 71.4 Å². The largest absolute Gasteiger partial charge is 0.444 e. The van der Waals surface area contributed by atoms with Crippen LogP contribution < -0.4 is 5.32 Å². The molecule has 1 aliphatic rings. The van der Waals surface area contributed by atoms with Crippen LogP contribution in [0.1, 0.15) is 56.4 Å². The molecule has 1 amide bonds. The lowest BCUT2D eigenvalue weighted by Crippen LogP contribution is -2.15. The summed E-state index contributed by atoms with van der Waals surface area (Å²) in [5.74, 6) is 0.425. The number of ether oxygens (including phenoxy) is 1. The summed E-state index contributed by atoms with van der Waals surface area (Å²) < 4.78 is 5.42. The second-order valence-electron chi connectivity index (χ2n) is 8.65. The number of aromatic nitrogens is 2. The van der Waals surface area contributed by atoms with Gasteiger partial charge in [0.25, 0.3) is 0 Å². The van der Waals surface area contributed by atoms with Crippen LogP contribution in [-0.4, -0.2) is 16.3 Å². The van der Waals surface area contributed by atoms with Crippen LogP contribution in [0.15, 0.2) is 54.6 Å². The highest BCUT2D eigenvalue weighted by Crippen LogP contribution is 2.45. The zero-order chi connectivity index (χ0) is 20.4. The van der Waals surface area contributed by atoms with E-state index in [4.69, 9.17) is 4.74 Å². The molecule has 0 atom stereocenters. The fraction of sp³-hybridized carbons (Fsp3) is 0.333. The molecule has 0 unspecified atom stereocenters. The molecule has 1 saturated carbocycles. The number of benzene rings is 2. The Hall–Kier alpha value is -3.08. The highest BCUT2D eigenvalue weighted by Gasteiger charge is 2.31. The molecule has 0 aliphatic heterocycles. The third kappa shape index (κ3) is 4.50. The average molecular weight is 389 g/mol. The summed E-state index contributed by atoms with van der Waals surface area (Å²) >= 11 is 0. The highest BCUT2D eigenvalue weighted by atomic mass is 16.5. The van der Waals surface area contributed by atoms with Crippen molar-refractivity contribution in [3.63, 3.8) is 0 Å². The van der Waals surface area contributed by atoms with E-state index in [2.05, 4.69) is 60.6 Å². The van der Waals surface area contributed by atoms with Crippen LogP contribution in [-0.2, 0) is 16.8 Å². The third-order valence-electron chi connectivity index (χ3n) is 5.24. The number of nitrogens with one attached hydrogen (secondary N) is 2. The highest BCUT2D eigenvalue weighted by molar-refractivity contribution is 5.91. The molecular formula is C24H27N3O2. The predicted octanol–water partition coefficient (Wildman–Crippen LogP) is 6.00. The molecular weight excluding hydrogens is 362 g/mol. The zero-order valence-electron chi connectivity index (χ0n) is 17.2. The first kappa shape index (κ1) is 19.2. The first-order valence-electron chi connectivity index (χ1n) is 10.1. The fourth-order valence-electron chi connectivity index (χ4n) is 3.35. The molecule has 2 N–H and O–H groups in total. The number of H-pyrrole nitrogens is 1. The van der Waals surface area contributed by atoms with E-state index in [0.717, 1.165) is 41.0 Å². The van der Waals surface area contributed by atoms with Crippen LogP contribution >= 0.6 is 0 Å². The first-order valence-corrected chi connectivity index (χ1v) is 10.1. The Balaban J connectivity index is 1.54. The minimum atomic E-state index is -0.468. The van der Waals surface area contributed by atoms with Gasteiger partial charge in [-0.1, -0.05) is 75.4 Å². The molecule has 4 rings (SSSR count). The van der Waals surface area contributed by atoms with E-state index in [1.165, 1.54) is 5.56 Å². The Morgan fingerprint density at radius 2 is 1.79 bits per heavy atom. The van der Waals surface area contributed by atoms with Crippen molar-refractivity contribution in [1.29, 1.82) is 0 Å². The fourth-order valence-corrected chi connectivity index (χ4v) is 3.35. The Morgan fingerprint density at radius 3 is 2.41 bits per heavy atom. The van der Waals surface area contributed by atoms with Crippen molar-refractivity contribution < 1.29 is 9.53 Å². The van der Waals surface area contributed by atoms with E-state index in [-0.39, 0.29) is 12.0 Å². The number of anilines is 1. The summed E-state index contributed by atoms with van der Waals surface area (Å²) in [7, 11) is 0. The molecule has 5 nitrogen and oxygen atoms in total. The van der Waals surface area contributed by atoms with Gasteiger partial charge in [0, 0.05) is 11.5 Å². The minimum absolute atomic E-state index is 0.0889. The molecule has 1 fully saturated rings. The summed E-state index contributed by atoms with van der Waals surface area (Å²) in [6, 6.07) is 18.0. The van der Waals surface area contributed by atoms with Crippen LogP contribution in [0.4, 0.5) is 10.5 Å². The molecule has 0 radical (unpaired) electrons. The lowest BCUT2D eigenvalue weighted by molar-refractivity contribution is 0.155. The lowest BCUT2D eigenvalue weighted by Gasteiger charge is -2.19. The van der Waals surface area contributed by atoms with Gasteiger partial charge in [0.05, 0.1) is 11.4 Å². The average Bonchev–Trinajstić information content (AvgIpc) is 3.47.